The van der Waals surface area contributed by atoms with E-state index in [9.17, 15) is 65.0 Å². The summed E-state index contributed by atoms with van der Waals surface area (Å²) in [6, 6.07) is 21.7. The normalized spacial score (nSPS) is 35.9. The first kappa shape index (κ1) is 80.8. The first-order valence-corrected chi connectivity index (χ1v) is 39.1. The van der Waals surface area contributed by atoms with Crippen LogP contribution in [0.3, 0.4) is 0 Å². The molecule has 0 unspecified atom stereocenters. The maximum absolute atomic E-state index is 13.7. The summed E-state index contributed by atoms with van der Waals surface area (Å²) in [5, 5.41) is 11.9. The first-order valence-electron chi connectivity index (χ1n) is 39.1. The predicted molar refractivity (Wildman–Crippen MR) is 393 cm³/mol. The number of hydrogen-bond donors (Lipinski definition) is 1. The van der Waals surface area contributed by atoms with Gasteiger partial charge in [0, 0.05) is 44.2 Å². The standard InChI is InChI=1S/C41H41F3O10.C36H33F3O8.C10H18O5/c1-19(2)38-30(52-38)31-40(53-31)37(7)17-16-24-27(25(37)18-26-39(40,51-26)34(38)50-35(47)54-36(4,5)6)29(49-33(24)46)28(21-10-8-20(3)9-11-21)48-32(45)22-12-14-23(15-13-22)41(42,43)44;1-16(2)33-27(46-33)28-35(47-28)32(4)14-13-21-24(22(32)15-23-34(35,45-23)31(33)42)26(44-30(21)41)25(18-7-5-17(3)6-8-18)43-29(40)19-9-11-20(12-10-19)36(37,38)39;1-9(2,3)14-7(11)13-8(12)15-10(4,5)6/h8-15,19,25-26,30-31,34H,16-18H2,1-7H3;5-12,16,22-23,27-28,31,42H,13-15H2,1-4H3;1-6H3/b29-28+;26-25+;/t25-,26-,30-,31-,34+,37-,38-,39+,40+;22-,23-,27-,28-,31+,32-,33-,34+,35+;/m00./s1. The second-order valence-corrected chi connectivity index (χ2v) is 36.8. The van der Waals surface area contributed by atoms with Gasteiger partial charge in [0.1, 0.15) is 69.7 Å². The van der Waals surface area contributed by atoms with E-state index in [2.05, 4.69) is 18.6 Å². The van der Waals surface area contributed by atoms with Crippen LogP contribution in [0.15, 0.2) is 131 Å². The molecule has 18 rings (SSSR count). The molecule has 29 heteroatoms. The van der Waals surface area contributed by atoms with Gasteiger partial charge in [0.05, 0.1) is 34.5 Å². The van der Waals surface area contributed by atoms with Gasteiger partial charge in [0.2, 0.25) is 0 Å². The molecule has 4 aromatic rings. The topological polar surface area (TPSA) is 298 Å². The van der Waals surface area contributed by atoms with Crippen molar-refractivity contribution in [3.05, 3.63) is 175 Å². The number of epoxide rings is 6. The largest absolute Gasteiger partial charge is 0.519 e. The zero-order chi connectivity index (χ0) is 83.9. The fourth-order valence-electron chi connectivity index (χ4n) is 20.5. The van der Waals surface area contributed by atoms with E-state index in [-0.39, 0.29) is 88.4 Å². The van der Waals surface area contributed by atoms with Crippen LogP contribution in [0, 0.1) is 48.3 Å². The Labute approximate surface area is 664 Å². The van der Waals surface area contributed by atoms with Crippen molar-refractivity contribution < 1.29 is 136 Å². The van der Waals surface area contributed by atoms with Crippen LogP contribution in [0.5, 0.6) is 0 Å². The van der Waals surface area contributed by atoms with Crippen molar-refractivity contribution in [1.29, 1.82) is 0 Å². The minimum absolute atomic E-state index is 0.00449. The van der Waals surface area contributed by atoms with Crippen molar-refractivity contribution in [2.45, 2.75) is 268 Å². The van der Waals surface area contributed by atoms with E-state index >= 15 is 0 Å². The molecule has 14 aliphatic rings. The van der Waals surface area contributed by atoms with Crippen LogP contribution in [0.25, 0.3) is 11.5 Å². The average Bonchev–Trinajstić information content (AvgIpc) is 1.42. The molecule has 4 saturated carbocycles. The SMILES string of the molecule is CC(C)(C)OC(=O)OC(=O)OC(C)(C)C.Cc1ccc(/C(OC(=O)c2ccc(C(F)(F)F)cc2)=C2\OC(=O)C3=C2[C@@H]2C[C@@H]4O[C@@]45[C@H](O)[C@@]4(C(C)C)O[C@H]4[C@@H]4O[C@@]45[C@@]2(C)CC3)cc1.Cc1ccc(/C(OC(=O)c2ccc(C(F)(F)F)cc2)=C2\OC(=O)C3=C2[C@@H]2C[C@@H]4O[C@@]45[C@H](OC(=O)OC(C)(C)C)[C@@]4(C(C)C)O[C@H]4[C@@H]4O[C@@]45[C@@]2(C)CC3)cc1. The Morgan fingerprint density at radius 1 is 0.457 bits per heavy atom. The fraction of sp³-hybridized carbons (Fsp3) is 0.552. The number of benzene rings is 4. The number of aliphatic hydroxyl groups is 1. The third-order valence-electron chi connectivity index (χ3n) is 25.9. The molecule has 10 fully saturated rings. The maximum Gasteiger partial charge on any atom is 0.519 e. The van der Waals surface area contributed by atoms with Gasteiger partial charge in [0.15, 0.2) is 40.3 Å². The molecule has 0 radical (unpaired) electrons. The van der Waals surface area contributed by atoms with Crippen molar-refractivity contribution in [1.82, 2.24) is 0 Å². The van der Waals surface area contributed by atoms with E-state index in [1.807, 2.05) is 65.8 Å². The number of aliphatic hydroxyl groups excluding tert-OH is 1. The van der Waals surface area contributed by atoms with E-state index in [4.69, 9.17) is 66.3 Å². The summed E-state index contributed by atoms with van der Waals surface area (Å²) in [4.78, 5) is 89.6. The van der Waals surface area contributed by atoms with E-state index in [0.717, 1.165) is 59.7 Å². The van der Waals surface area contributed by atoms with E-state index in [1.165, 1.54) is 0 Å². The third-order valence-corrected chi connectivity index (χ3v) is 25.9. The van der Waals surface area contributed by atoms with Gasteiger partial charge in [-0.15, -0.1) is 0 Å². The quantitative estimate of drug-likeness (QED) is 0.0406. The highest BCUT2D eigenvalue weighted by molar-refractivity contribution is 6.01. The van der Waals surface area contributed by atoms with Crippen LogP contribution in [-0.2, 0) is 93.0 Å². The number of ether oxygens (including phenoxy) is 15. The van der Waals surface area contributed by atoms with Crippen molar-refractivity contribution in [2.24, 2.45) is 34.5 Å². The Morgan fingerprint density at radius 2 is 0.810 bits per heavy atom. The molecule has 6 saturated heterocycles. The summed E-state index contributed by atoms with van der Waals surface area (Å²) in [7, 11) is 0. The van der Waals surface area contributed by atoms with E-state index in [1.54, 1.807) is 86.6 Å². The minimum Gasteiger partial charge on any atom is -0.429 e. The molecule has 6 aliphatic carbocycles. The van der Waals surface area contributed by atoms with E-state index < -0.39 is 145 Å². The lowest BCUT2D eigenvalue weighted by atomic mass is 9.46. The Hall–Kier alpha value is -8.97. The molecule has 620 valence electrons. The first-order chi connectivity index (χ1) is 54.0. The van der Waals surface area contributed by atoms with Crippen molar-refractivity contribution in [3.8, 4) is 0 Å². The number of carbonyl (C=O) groups is 7. The number of alkyl halides is 6. The van der Waals surface area contributed by atoms with Crippen LogP contribution in [-0.4, -0.2) is 147 Å². The fourth-order valence-corrected chi connectivity index (χ4v) is 20.5. The van der Waals surface area contributed by atoms with Crippen LogP contribution in [0.4, 0.5) is 40.7 Å². The summed E-state index contributed by atoms with van der Waals surface area (Å²) >= 11 is 0. The number of halogens is 6. The molecule has 4 spiro atoms. The van der Waals surface area contributed by atoms with Gasteiger partial charge < -0.3 is 76.2 Å². The lowest BCUT2D eigenvalue weighted by molar-refractivity contribution is -0.138. The highest BCUT2D eigenvalue weighted by Gasteiger charge is 3.03. The average molecular weight is 1620 g/mol. The van der Waals surface area contributed by atoms with Crippen molar-refractivity contribution >= 4 is 53.9 Å². The van der Waals surface area contributed by atoms with Gasteiger partial charge in [-0.1, -0.05) is 101 Å². The minimum atomic E-state index is -4.58. The summed E-state index contributed by atoms with van der Waals surface area (Å²) in [6.45, 7) is 31.5. The molecule has 8 aliphatic heterocycles. The smallest absolute Gasteiger partial charge is 0.429 e. The second kappa shape index (κ2) is 26.3. The molecule has 18 atom stereocenters. The van der Waals surface area contributed by atoms with Gasteiger partial charge in [-0.2, -0.15) is 26.3 Å². The lowest BCUT2D eigenvalue weighted by Crippen LogP contribution is -2.70. The number of rotatable bonds is 9. The van der Waals surface area contributed by atoms with Gasteiger partial charge >= 0.3 is 54.7 Å². The van der Waals surface area contributed by atoms with Crippen LogP contribution in [0.1, 0.15) is 196 Å². The maximum atomic E-state index is 13.7. The monoisotopic (exact) mass is 1620 g/mol. The summed E-state index contributed by atoms with van der Waals surface area (Å²) in [5.41, 5.74) is -5.80. The summed E-state index contributed by atoms with van der Waals surface area (Å²) < 4.78 is 169. The number of fused-ring (bicyclic) bond motifs is 8. The number of allylic oxidation sites excluding steroid dienone is 2. The van der Waals surface area contributed by atoms with E-state index in [0.29, 0.717) is 71.9 Å². The number of hydrogen-bond acceptors (Lipinski definition) is 23. The molecule has 1 N–H and O–H groups in total. The number of esters is 4. The molecule has 23 nitrogen and oxygen atoms in total. The Balaban J connectivity index is 0.000000149. The number of carbonyl (C=O) groups excluding carboxylic acids is 7. The van der Waals surface area contributed by atoms with Crippen molar-refractivity contribution in [2.75, 3.05) is 0 Å². The lowest BCUT2D eigenvalue weighted by Gasteiger charge is -2.53. The zero-order valence-electron chi connectivity index (χ0n) is 67.1. The molecule has 8 heterocycles. The zero-order valence-corrected chi connectivity index (χ0v) is 67.1. The predicted octanol–water partition coefficient (Wildman–Crippen LogP) is 16.1. The summed E-state index contributed by atoms with van der Waals surface area (Å²) in [5.74, 6) is -3.41. The van der Waals surface area contributed by atoms with Crippen LogP contribution < -0.4 is 0 Å². The number of aryl methyl sites for hydroxylation is 2. The van der Waals surface area contributed by atoms with Gasteiger partial charge in [-0.25, -0.2) is 33.6 Å². The summed E-state index contributed by atoms with van der Waals surface area (Å²) in [6.07, 6.45) is -13.1. The van der Waals surface area contributed by atoms with Gasteiger partial charge in [-0.05, 0) is 187 Å². The Bertz CT molecular complexity index is 4940. The molecule has 116 heavy (non-hydrogen) atoms. The Kier molecular flexibility index (Phi) is 18.3. The highest BCUT2D eigenvalue weighted by atomic mass is 19.4. The highest BCUT2D eigenvalue weighted by Crippen LogP contribution is 2.85. The molecule has 0 bridgehead atoms. The molecule has 0 amide bonds. The van der Waals surface area contributed by atoms with Gasteiger partial charge in [0.25, 0.3) is 0 Å². The molecule has 0 aromatic heterocycles. The molecular weight excluding hydrogens is 1530 g/mol. The Morgan fingerprint density at radius 3 is 1.20 bits per heavy atom. The molecular formula is C87H92F6O23. The van der Waals surface area contributed by atoms with Crippen LogP contribution >= 0.6 is 0 Å². The third kappa shape index (κ3) is 12.3. The number of cyclic esters (lactones) is 2. The van der Waals surface area contributed by atoms with Crippen molar-refractivity contribution in [3.63, 3.8) is 0 Å². The van der Waals surface area contributed by atoms with Crippen LogP contribution in [0.2, 0.25) is 0 Å². The van der Waals surface area contributed by atoms with Gasteiger partial charge in [-0.3, -0.25) is 0 Å². The second-order valence-electron chi connectivity index (χ2n) is 36.8. The molecule has 4 aromatic carbocycles.